The SMILES string of the molecule is O=C(O)C1CC([N+](=O)[O-])CCC1COOC1CCC(S(=O)(=O)C2CCC(OC(=O)C3CCC([N+](=O)[O-])CC3C(=O)O)CC2)CC1. The average Bonchev–Trinajstić information content (AvgIpc) is 3.01. The highest BCUT2D eigenvalue weighted by Crippen LogP contribution is 2.37. The highest BCUT2D eigenvalue weighted by molar-refractivity contribution is 7.92. The third kappa shape index (κ3) is 8.67. The number of carbonyl (C=O) groups is 3. The molecule has 0 aliphatic heterocycles. The zero-order chi connectivity index (χ0) is 32.9. The molecule has 4 fully saturated rings. The van der Waals surface area contributed by atoms with Crippen LogP contribution in [-0.4, -0.2) is 87.8 Å². The molecular weight excluding hydrogens is 620 g/mol. The van der Waals surface area contributed by atoms with Crippen LogP contribution in [0.15, 0.2) is 0 Å². The number of sulfone groups is 1. The van der Waals surface area contributed by atoms with Crippen molar-refractivity contribution in [2.45, 2.75) is 125 Å². The fourth-order valence-corrected chi connectivity index (χ4v) is 9.88. The lowest BCUT2D eigenvalue weighted by Crippen LogP contribution is -2.43. The first-order valence-electron chi connectivity index (χ1n) is 15.7. The van der Waals surface area contributed by atoms with Crippen molar-refractivity contribution in [1.29, 1.82) is 0 Å². The third-order valence-corrected chi connectivity index (χ3v) is 13.1. The molecule has 17 heteroatoms. The summed E-state index contributed by atoms with van der Waals surface area (Å²) in [6.07, 6.45) is 2.48. The molecule has 0 aromatic heterocycles. The van der Waals surface area contributed by atoms with Crippen LogP contribution in [-0.2, 0) is 38.7 Å². The number of ether oxygens (including phenoxy) is 1. The standard InChI is InChI=1S/C28H42N2O14S/c31-26(32)24-13-17(29(36)37)2-1-16(24)15-42-44-20-6-10-22(11-7-20)45(40,41)21-8-4-19(5-9-21)43-28(35)23-12-3-18(30(38)39)14-25(23)27(33)34/h16-25H,1-15H2,(H,31,32)(H,33,34). The van der Waals surface area contributed by atoms with E-state index in [1.807, 2.05) is 0 Å². The quantitative estimate of drug-likeness (QED) is 0.132. The highest BCUT2D eigenvalue weighted by Gasteiger charge is 2.46. The smallest absolute Gasteiger partial charge is 0.310 e. The van der Waals surface area contributed by atoms with Crippen molar-refractivity contribution >= 4 is 27.7 Å². The van der Waals surface area contributed by atoms with Crippen molar-refractivity contribution < 1.29 is 57.4 Å². The molecule has 254 valence electrons. The van der Waals surface area contributed by atoms with Crippen LogP contribution < -0.4 is 0 Å². The molecule has 0 amide bonds. The lowest BCUT2D eigenvalue weighted by molar-refractivity contribution is -0.528. The van der Waals surface area contributed by atoms with Crippen molar-refractivity contribution in [3.63, 3.8) is 0 Å². The predicted octanol–water partition coefficient (Wildman–Crippen LogP) is 2.81. The number of hydrogen-bond acceptors (Lipinski definition) is 12. The first-order valence-corrected chi connectivity index (χ1v) is 17.3. The van der Waals surface area contributed by atoms with Gasteiger partial charge in [-0.2, -0.15) is 0 Å². The maximum absolute atomic E-state index is 13.4. The minimum atomic E-state index is -3.48. The molecule has 2 N–H and O–H groups in total. The maximum atomic E-state index is 13.4. The minimum Gasteiger partial charge on any atom is -0.481 e. The molecule has 4 aliphatic carbocycles. The summed E-state index contributed by atoms with van der Waals surface area (Å²) in [6.45, 7) is -0.00937. The molecule has 45 heavy (non-hydrogen) atoms. The van der Waals surface area contributed by atoms with Crippen molar-refractivity contribution in [1.82, 2.24) is 0 Å². The van der Waals surface area contributed by atoms with Gasteiger partial charge in [-0.1, -0.05) is 0 Å². The van der Waals surface area contributed by atoms with Gasteiger partial charge in [-0.3, -0.25) is 34.6 Å². The molecule has 0 aromatic carbocycles. The number of hydrogen-bond donors (Lipinski definition) is 2. The monoisotopic (exact) mass is 662 g/mol. The van der Waals surface area contributed by atoms with E-state index in [1.165, 1.54) is 0 Å². The normalized spacial score (nSPS) is 36.0. The Labute approximate surface area is 260 Å². The Bertz CT molecular complexity index is 1210. The van der Waals surface area contributed by atoms with Crippen LogP contribution in [0, 0.1) is 43.9 Å². The van der Waals surface area contributed by atoms with Crippen LogP contribution in [0.25, 0.3) is 0 Å². The van der Waals surface area contributed by atoms with Gasteiger partial charge >= 0.3 is 17.9 Å². The van der Waals surface area contributed by atoms with Gasteiger partial charge in [0.1, 0.15) is 6.10 Å². The van der Waals surface area contributed by atoms with Crippen LogP contribution in [0.3, 0.4) is 0 Å². The average molecular weight is 663 g/mol. The lowest BCUT2D eigenvalue weighted by Gasteiger charge is -2.35. The van der Waals surface area contributed by atoms with E-state index in [2.05, 4.69) is 0 Å². The molecule has 16 nitrogen and oxygen atoms in total. The summed E-state index contributed by atoms with van der Waals surface area (Å²) < 4.78 is 32.4. The van der Waals surface area contributed by atoms with Crippen LogP contribution >= 0.6 is 0 Å². The fraction of sp³-hybridized carbons (Fsp3) is 0.893. The summed E-state index contributed by atoms with van der Waals surface area (Å²) in [7, 11) is -3.48. The van der Waals surface area contributed by atoms with E-state index in [-0.39, 0.29) is 44.8 Å². The number of rotatable bonds is 12. The van der Waals surface area contributed by atoms with Gasteiger partial charge in [-0.05, 0) is 70.1 Å². The van der Waals surface area contributed by atoms with Gasteiger partial charge < -0.3 is 14.9 Å². The number of carboxylic acids is 2. The third-order valence-electron chi connectivity index (χ3n) is 10.3. The minimum absolute atomic E-state index is 0.00937. The number of carboxylic acid groups (broad SMARTS) is 2. The van der Waals surface area contributed by atoms with Crippen molar-refractivity contribution in [2.24, 2.45) is 23.7 Å². The Balaban J connectivity index is 1.18. The first-order chi connectivity index (χ1) is 21.3. The molecule has 6 atom stereocenters. The van der Waals surface area contributed by atoms with Crippen molar-refractivity contribution in [2.75, 3.05) is 6.61 Å². The summed E-state index contributed by atoms with van der Waals surface area (Å²) in [5, 5.41) is 40.1. The van der Waals surface area contributed by atoms with Crippen LogP contribution in [0.5, 0.6) is 0 Å². The number of nitrogens with zero attached hydrogens (tertiary/aromatic N) is 2. The Morgan fingerprint density at radius 3 is 1.67 bits per heavy atom. The number of carbonyl (C=O) groups excluding carboxylic acids is 1. The molecule has 4 saturated carbocycles. The molecule has 4 aliphatic rings. The zero-order valence-electron chi connectivity index (χ0n) is 25.0. The van der Waals surface area contributed by atoms with E-state index in [9.17, 15) is 53.2 Å². The summed E-state index contributed by atoms with van der Waals surface area (Å²) in [4.78, 5) is 68.2. The maximum Gasteiger partial charge on any atom is 0.310 e. The van der Waals surface area contributed by atoms with Gasteiger partial charge in [0.25, 0.3) is 0 Å². The second kappa shape index (κ2) is 15.1. The van der Waals surface area contributed by atoms with E-state index >= 15 is 0 Å². The molecule has 4 rings (SSSR count). The molecule has 0 heterocycles. The predicted molar refractivity (Wildman–Crippen MR) is 153 cm³/mol. The summed E-state index contributed by atoms with van der Waals surface area (Å²) in [6, 6.07) is -1.89. The van der Waals surface area contributed by atoms with Gasteiger partial charge in [-0.15, -0.1) is 0 Å². The second-order valence-corrected chi connectivity index (χ2v) is 15.5. The summed E-state index contributed by atoms with van der Waals surface area (Å²) >= 11 is 0. The molecular formula is C28H42N2O14S. The number of nitro groups is 2. The van der Waals surface area contributed by atoms with Crippen LogP contribution in [0.4, 0.5) is 0 Å². The highest BCUT2D eigenvalue weighted by atomic mass is 32.2. The Kier molecular flexibility index (Phi) is 11.7. The molecule has 0 radical (unpaired) electrons. The largest absolute Gasteiger partial charge is 0.481 e. The number of esters is 1. The first kappa shape index (κ1) is 34.9. The van der Waals surface area contributed by atoms with Gasteiger partial charge in [0.2, 0.25) is 12.1 Å². The molecule has 0 bridgehead atoms. The molecule has 0 aromatic rings. The summed E-state index contributed by atoms with van der Waals surface area (Å²) in [5.74, 6) is -6.53. The second-order valence-electron chi connectivity index (χ2n) is 13.0. The Morgan fingerprint density at radius 1 is 0.667 bits per heavy atom. The summed E-state index contributed by atoms with van der Waals surface area (Å²) in [5.41, 5.74) is 0. The van der Waals surface area contributed by atoms with E-state index < -0.39 is 90.0 Å². The Hall–Kier alpha value is -2.92. The Morgan fingerprint density at radius 2 is 1.16 bits per heavy atom. The molecule has 6 unspecified atom stereocenters. The molecule has 0 saturated heterocycles. The zero-order valence-corrected chi connectivity index (χ0v) is 25.8. The van der Waals surface area contributed by atoms with Gasteiger partial charge in [0.05, 0.1) is 41.0 Å². The lowest BCUT2D eigenvalue weighted by atomic mass is 9.77. The van der Waals surface area contributed by atoms with E-state index in [4.69, 9.17) is 14.5 Å². The fourth-order valence-electron chi connectivity index (χ4n) is 7.48. The van der Waals surface area contributed by atoms with E-state index in [0.717, 1.165) is 0 Å². The van der Waals surface area contributed by atoms with Crippen molar-refractivity contribution in [3.05, 3.63) is 20.2 Å². The van der Waals surface area contributed by atoms with Gasteiger partial charge in [0.15, 0.2) is 9.84 Å². The van der Waals surface area contributed by atoms with E-state index in [1.54, 1.807) is 0 Å². The van der Waals surface area contributed by atoms with E-state index in [0.29, 0.717) is 57.8 Å². The number of aliphatic carboxylic acids is 2. The topological polar surface area (TPSA) is 240 Å². The van der Waals surface area contributed by atoms with Gasteiger partial charge in [0, 0.05) is 35.5 Å². The van der Waals surface area contributed by atoms with Crippen LogP contribution in [0.1, 0.15) is 89.9 Å². The van der Waals surface area contributed by atoms with Crippen LogP contribution in [0.2, 0.25) is 0 Å². The van der Waals surface area contributed by atoms with Crippen molar-refractivity contribution in [3.8, 4) is 0 Å². The van der Waals surface area contributed by atoms with Gasteiger partial charge in [-0.25, -0.2) is 18.2 Å². The molecule has 0 spiro atoms.